The number of hydrogen-bond donors (Lipinski definition) is 0. The first-order chi connectivity index (χ1) is 20.3. The number of ether oxygens (including phenoxy) is 4. The Bertz CT molecular complexity index is 966. The molecule has 44 heavy (non-hydrogen) atoms. The van der Waals surface area contributed by atoms with Crippen molar-refractivity contribution >= 4 is 11.8 Å². The number of methoxy groups -OCH3 is 1. The minimum atomic E-state index is -1.34. The number of hydrogen-bond acceptors (Lipinski definition) is 9. The highest BCUT2D eigenvalue weighted by atomic mass is 16.7. The van der Waals surface area contributed by atoms with E-state index in [4.69, 9.17) is 18.9 Å². The maximum atomic E-state index is 14.3. The molecule has 8 atom stereocenters. The maximum Gasteiger partial charge on any atom is 0.319 e. The van der Waals surface area contributed by atoms with Gasteiger partial charge in [-0.1, -0.05) is 13.8 Å². The topological polar surface area (TPSA) is 80.8 Å². The van der Waals surface area contributed by atoms with Gasteiger partial charge in [-0.15, -0.1) is 0 Å². The van der Waals surface area contributed by atoms with E-state index in [1.165, 1.54) is 0 Å². The number of carbonyl (C=O) groups is 2. The average molecular weight is 624 g/mol. The summed E-state index contributed by atoms with van der Waals surface area (Å²) < 4.78 is 25.6. The first kappa shape index (κ1) is 37.4. The first-order valence-electron chi connectivity index (χ1n) is 17.0. The first-order valence-corrected chi connectivity index (χ1v) is 17.0. The van der Waals surface area contributed by atoms with Crippen LogP contribution in [-0.2, 0) is 28.5 Å². The van der Waals surface area contributed by atoms with E-state index < -0.39 is 35.3 Å². The van der Waals surface area contributed by atoms with Crippen LogP contribution >= 0.6 is 0 Å². The zero-order chi connectivity index (χ0) is 33.2. The molecule has 0 radical (unpaired) electrons. The lowest BCUT2D eigenvalue weighted by Gasteiger charge is -2.49. The number of nitrogens with zero attached hydrogens (tertiary/aromatic N) is 3. The molecule has 0 unspecified atom stereocenters. The lowest BCUT2D eigenvalue weighted by molar-refractivity contribution is -0.263. The van der Waals surface area contributed by atoms with Gasteiger partial charge in [-0.05, 0) is 120 Å². The van der Waals surface area contributed by atoms with Crippen LogP contribution in [0.5, 0.6) is 0 Å². The molecule has 0 aromatic heterocycles. The third-order valence-corrected chi connectivity index (χ3v) is 11.4. The van der Waals surface area contributed by atoms with E-state index in [0.717, 1.165) is 38.9 Å². The third-order valence-electron chi connectivity index (χ3n) is 11.4. The highest BCUT2D eigenvalue weighted by molar-refractivity contribution is 6.04. The molecule has 256 valence electrons. The van der Waals surface area contributed by atoms with Gasteiger partial charge in [-0.2, -0.15) is 0 Å². The Morgan fingerprint density at radius 3 is 2.16 bits per heavy atom. The highest BCUT2D eigenvalue weighted by Gasteiger charge is 2.51. The van der Waals surface area contributed by atoms with E-state index in [1.807, 2.05) is 6.92 Å². The molecular formula is C35H65N3O6. The zero-order valence-electron chi connectivity index (χ0n) is 30.3. The molecule has 3 saturated heterocycles. The predicted octanol–water partition coefficient (Wildman–Crippen LogP) is 4.86. The van der Waals surface area contributed by atoms with Crippen molar-refractivity contribution in [2.45, 2.75) is 136 Å². The Labute approximate surface area is 268 Å². The lowest BCUT2D eigenvalue weighted by Crippen LogP contribution is -2.58. The Morgan fingerprint density at radius 2 is 1.61 bits per heavy atom. The molecule has 0 bridgehead atoms. The number of piperidine rings is 1. The molecule has 3 rings (SSSR count). The number of ketones is 1. The summed E-state index contributed by atoms with van der Waals surface area (Å²) in [6.07, 6.45) is 3.33. The summed E-state index contributed by atoms with van der Waals surface area (Å²) in [5.74, 6) is -0.715. The molecule has 0 spiro atoms. The van der Waals surface area contributed by atoms with Gasteiger partial charge in [0.25, 0.3) is 0 Å². The summed E-state index contributed by atoms with van der Waals surface area (Å²) in [6, 6.07) is 0.827. The summed E-state index contributed by atoms with van der Waals surface area (Å²) in [5, 5.41) is 0. The molecule has 0 N–H and O–H groups in total. The van der Waals surface area contributed by atoms with Crippen LogP contribution in [0.4, 0.5) is 0 Å². The maximum absolute atomic E-state index is 14.3. The van der Waals surface area contributed by atoms with Gasteiger partial charge < -0.3 is 28.7 Å². The summed E-state index contributed by atoms with van der Waals surface area (Å²) in [5.41, 5.74) is -2.50. The monoisotopic (exact) mass is 623 g/mol. The van der Waals surface area contributed by atoms with Gasteiger partial charge in [0.1, 0.15) is 12.0 Å². The molecule has 3 aliphatic heterocycles. The second-order valence-corrected chi connectivity index (χ2v) is 15.8. The minimum Gasteiger partial charge on any atom is -0.463 e. The van der Waals surface area contributed by atoms with Crippen molar-refractivity contribution in [3.05, 3.63) is 0 Å². The molecule has 0 amide bonds. The molecule has 0 aliphatic carbocycles. The van der Waals surface area contributed by atoms with Crippen LogP contribution in [0.1, 0.15) is 94.4 Å². The predicted molar refractivity (Wildman–Crippen MR) is 174 cm³/mol. The van der Waals surface area contributed by atoms with E-state index in [1.54, 1.807) is 21.0 Å². The summed E-state index contributed by atoms with van der Waals surface area (Å²) in [7, 11) is 8.03. The van der Waals surface area contributed by atoms with Crippen LogP contribution in [0.15, 0.2) is 0 Å². The minimum absolute atomic E-state index is 0.0276. The molecule has 9 heteroatoms. The summed E-state index contributed by atoms with van der Waals surface area (Å²) in [6.45, 7) is 21.5. The van der Waals surface area contributed by atoms with Crippen molar-refractivity contribution in [3.63, 3.8) is 0 Å². The standard InChI is InChI=1S/C35H65N3O6/c1-23(2)38-16-14-27(15-17-38)34(8)22-42-32(40)33(6,7)30(39)26(5)31(35(9,41-13)20-24(3)21-37(34)12)44-29-19-28(36(10)11)18-25(4)43-29/h23-29,31H,14-22H2,1-13H3/t24-,25-,26+,28+,29+,31-,34+,35-/m1/s1. The zero-order valence-corrected chi connectivity index (χ0v) is 30.3. The van der Waals surface area contributed by atoms with Gasteiger partial charge in [-0.3, -0.25) is 14.5 Å². The molecule has 9 nitrogen and oxygen atoms in total. The van der Waals surface area contributed by atoms with Crippen LogP contribution in [0.3, 0.4) is 0 Å². The Balaban J connectivity index is 1.97. The van der Waals surface area contributed by atoms with E-state index >= 15 is 0 Å². The van der Waals surface area contributed by atoms with Gasteiger partial charge in [0.15, 0.2) is 12.1 Å². The summed E-state index contributed by atoms with van der Waals surface area (Å²) in [4.78, 5) is 35.2. The van der Waals surface area contributed by atoms with Gasteiger partial charge in [0.05, 0.1) is 23.3 Å². The molecule has 0 aromatic rings. The van der Waals surface area contributed by atoms with E-state index in [9.17, 15) is 9.59 Å². The highest BCUT2D eigenvalue weighted by Crippen LogP contribution is 2.40. The van der Waals surface area contributed by atoms with Crippen molar-refractivity contribution in [2.75, 3.05) is 54.5 Å². The number of carbonyl (C=O) groups excluding carboxylic acids is 2. The Morgan fingerprint density at radius 1 is 1.00 bits per heavy atom. The number of rotatable bonds is 6. The SMILES string of the molecule is CO[C@]1(C)C[C@@H](C)CN(C)[C@](C)(C2CCN(C(C)C)CC2)COC(=O)C(C)(C)C(=O)[C@H](C)[C@H]1O[C@H]1C[C@@H](N(C)C)C[C@@H](C)O1. The molecule has 3 aliphatic rings. The summed E-state index contributed by atoms with van der Waals surface area (Å²) >= 11 is 0. The average Bonchev–Trinajstić information content (AvgIpc) is 2.96. The number of likely N-dealkylation sites (tertiary alicyclic amines) is 1. The molecular weight excluding hydrogens is 558 g/mol. The van der Waals surface area contributed by atoms with Crippen molar-refractivity contribution in [1.82, 2.24) is 14.7 Å². The van der Waals surface area contributed by atoms with Crippen molar-refractivity contribution in [3.8, 4) is 0 Å². The van der Waals surface area contributed by atoms with Gasteiger partial charge in [-0.25, -0.2) is 0 Å². The number of esters is 1. The van der Waals surface area contributed by atoms with E-state index in [-0.39, 0.29) is 30.0 Å². The molecule has 0 aromatic carbocycles. The van der Waals surface area contributed by atoms with Crippen LogP contribution in [-0.4, -0.2) is 123 Å². The van der Waals surface area contributed by atoms with Crippen LogP contribution in [0.25, 0.3) is 0 Å². The van der Waals surface area contributed by atoms with Gasteiger partial charge in [0.2, 0.25) is 0 Å². The Kier molecular flexibility index (Phi) is 12.5. The fourth-order valence-corrected chi connectivity index (χ4v) is 8.06. The van der Waals surface area contributed by atoms with Crippen LogP contribution in [0.2, 0.25) is 0 Å². The molecule has 0 saturated carbocycles. The lowest BCUT2D eigenvalue weighted by atomic mass is 9.74. The Hall–Kier alpha value is -1.10. The van der Waals surface area contributed by atoms with Gasteiger partial charge >= 0.3 is 5.97 Å². The van der Waals surface area contributed by atoms with E-state index in [2.05, 4.69) is 77.4 Å². The largest absolute Gasteiger partial charge is 0.463 e. The number of likely N-dealkylation sites (N-methyl/N-ethyl adjacent to an activating group) is 1. The van der Waals surface area contributed by atoms with Crippen LogP contribution in [0, 0.1) is 23.2 Å². The van der Waals surface area contributed by atoms with Gasteiger partial charge in [0, 0.05) is 38.1 Å². The third kappa shape index (κ3) is 8.24. The fraction of sp³-hybridized carbons (Fsp3) is 0.943. The van der Waals surface area contributed by atoms with Crippen molar-refractivity contribution in [2.24, 2.45) is 23.2 Å². The van der Waals surface area contributed by atoms with Crippen LogP contribution < -0.4 is 0 Å². The quantitative estimate of drug-likeness (QED) is 0.305. The van der Waals surface area contributed by atoms with Crippen molar-refractivity contribution < 1.29 is 28.5 Å². The normalized spacial score (nSPS) is 39.5. The smallest absolute Gasteiger partial charge is 0.319 e. The fourth-order valence-electron chi connectivity index (χ4n) is 8.06. The van der Waals surface area contributed by atoms with E-state index in [0.29, 0.717) is 30.8 Å². The molecule has 3 heterocycles. The number of Topliss-reactive ketones (excluding diaryl/α,β-unsaturated/α-hetero) is 1. The van der Waals surface area contributed by atoms with Crippen molar-refractivity contribution in [1.29, 1.82) is 0 Å². The number of cyclic esters (lactones) is 1. The second kappa shape index (κ2) is 14.8. The molecule has 3 fully saturated rings. The second-order valence-electron chi connectivity index (χ2n) is 15.8.